The summed E-state index contributed by atoms with van der Waals surface area (Å²) >= 11 is 0. The predicted molar refractivity (Wildman–Crippen MR) is 71.3 cm³/mol. The van der Waals surface area contributed by atoms with Crippen molar-refractivity contribution in [3.8, 4) is 5.75 Å². The van der Waals surface area contributed by atoms with Crippen molar-refractivity contribution in [2.75, 3.05) is 6.61 Å². The molecule has 0 unspecified atom stereocenters. The van der Waals surface area contributed by atoms with E-state index in [0.29, 0.717) is 11.3 Å². The fourth-order valence-corrected chi connectivity index (χ4v) is 1.33. The molecule has 2 N–H and O–H groups in total. The Bertz CT molecular complexity index is 494. The lowest BCUT2D eigenvalue weighted by Gasteiger charge is -2.21. The van der Waals surface area contributed by atoms with Gasteiger partial charge in [0, 0.05) is 0 Å². The Kier molecular flexibility index (Phi) is 4.69. The minimum atomic E-state index is -1.34. The van der Waals surface area contributed by atoms with Crippen molar-refractivity contribution in [1.29, 1.82) is 0 Å². The Labute approximate surface area is 111 Å². The summed E-state index contributed by atoms with van der Waals surface area (Å²) in [6.45, 7) is 6.63. The number of hydrogen-bond donors (Lipinski definition) is 2. The second-order valence-electron chi connectivity index (χ2n) is 4.48. The van der Waals surface area contributed by atoms with Crippen LogP contribution in [-0.4, -0.2) is 29.1 Å². The fraction of sp³-hybridized carbons (Fsp3) is 0.286. The van der Waals surface area contributed by atoms with E-state index in [2.05, 4.69) is 11.9 Å². The third-order valence-electron chi connectivity index (χ3n) is 2.45. The van der Waals surface area contributed by atoms with Gasteiger partial charge in [0.05, 0.1) is 5.56 Å². The molecule has 5 nitrogen and oxygen atoms in total. The number of carboxylic acid groups (broad SMARTS) is 1. The molecule has 0 fully saturated rings. The zero-order valence-corrected chi connectivity index (χ0v) is 11.0. The maximum atomic E-state index is 12.1. The molecule has 0 aliphatic rings. The summed E-state index contributed by atoms with van der Waals surface area (Å²) in [6.07, 6.45) is 1.57. The summed E-state index contributed by atoms with van der Waals surface area (Å²) in [5.41, 5.74) is -1.05. The topological polar surface area (TPSA) is 75.6 Å². The first-order chi connectivity index (χ1) is 8.88. The molecule has 1 rings (SSSR count). The van der Waals surface area contributed by atoms with Crippen LogP contribution >= 0.6 is 0 Å². The van der Waals surface area contributed by atoms with Crippen LogP contribution in [0.3, 0.4) is 0 Å². The zero-order valence-electron chi connectivity index (χ0n) is 11.0. The summed E-state index contributed by atoms with van der Waals surface area (Å²) < 4.78 is 5.36. The van der Waals surface area contributed by atoms with Crippen molar-refractivity contribution in [3.05, 3.63) is 42.5 Å². The van der Waals surface area contributed by atoms with Gasteiger partial charge in [0.1, 0.15) is 17.9 Å². The highest BCUT2D eigenvalue weighted by atomic mass is 16.5. The fourth-order valence-electron chi connectivity index (χ4n) is 1.33. The van der Waals surface area contributed by atoms with Crippen molar-refractivity contribution in [1.82, 2.24) is 5.32 Å². The molecule has 0 aliphatic carbocycles. The lowest BCUT2D eigenvalue weighted by molar-refractivity contribution is -0.143. The second-order valence-corrected chi connectivity index (χ2v) is 4.48. The smallest absolute Gasteiger partial charge is 0.328 e. The van der Waals surface area contributed by atoms with Crippen molar-refractivity contribution in [2.45, 2.75) is 19.4 Å². The van der Waals surface area contributed by atoms with Gasteiger partial charge in [0.2, 0.25) is 0 Å². The molecule has 0 aliphatic heterocycles. The number of rotatable bonds is 6. The molecule has 1 aromatic carbocycles. The highest BCUT2D eigenvalue weighted by molar-refractivity contribution is 5.99. The maximum Gasteiger partial charge on any atom is 0.328 e. The number of aliphatic carboxylic acids is 1. The van der Waals surface area contributed by atoms with E-state index in [1.165, 1.54) is 13.8 Å². The maximum absolute atomic E-state index is 12.1. The minimum Gasteiger partial charge on any atom is -0.489 e. The van der Waals surface area contributed by atoms with Crippen molar-refractivity contribution in [3.63, 3.8) is 0 Å². The van der Waals surface area contributed by atoms with Gasteiger partial charge in [0.25, 0.3) is 5.91 Å². The number of carboxylic acids is 1. The Hall–Kier alpha value is -2.30. The van der Waals surface area contributed by atoms with E-state index >= 15 is 0 Å². The third-order valence-corrected chi connectivity index (χ3v) is 2.45. The molecule has 0 spiro atoms. The number of benzene rings is 1. The van der Waals surface area contributed by atoms with Crippen molar-refractivity contribution >= 4 is 11.9 Å². The standard InChI is InChI=1S/C14H17NO4/c1-4-9-19-11-8-6-5-7-10(11)12(16)15-14(2,3)13(17)18/h4-8H,1,9H2,2-3H3,(H,15,16)(H,17,18). The van der Waals surface area contributed by atoms with E-state index in [1.807, 2.05) is 0 Å². The summed E-state index contributed by atoms with van der Waals surface area (Å²) in [6, 6.07) is 6.64. The number of carbonyl (C=O) groups is 2. The quantitative estimate of drug-likeness (QED) is 0.768. The normalized spacial score (nSPS) is 10.6. The van der Waals surface area contributed by atoms with Gasteiger partial charge in [-0.15, -0.1) is 0 Å². The van der Waals surface area contributed by atoms with Gasteiger partial charge in [0.15, 0.2) is 0 Å². The monoisotopic (exact) mass is 263 g/mol. The first kappa shape index (κ1) is 14.8. The van der Waals surface area contributed by atoms with Gasteiger partial charge in [-0.1, -0.05) is 24.8 Å². The Morgan fingerprint density at radius 3 is 2.63 bits per heavy atom. The lowest BCUT2D eigenvalue weighted by atomic mass is 10.0. The Morgan fingerprint density at radius 2 is 2.05 bits per heavy atom. The highest BCUT2D eigenvalue weighted by Crippen LogP contribution is 2.19. The van der Waals surface area contributed by atoms with Crippen LogP contribution in [-0.2, 0) is 4.79 Å². The summed E-state index contributed by atoms with van der Waals surface area (Å²) in [5.74, 6) is -1.21. The number of amides is 1. The molecule has 0 saturated heterocycles. The highest BCUT2D eigenvalue weighted by Gasteiger charge is 2.30. The van der Waals surface area contributed by atoms with Crippen LogP contribution in [0, 0.1) is 0 Å². The van der Waals surface area contributed by atoms with Crippen LogP contribution in [0.15, 0.2) is 36.9 Å². The van der Waals surface area contributed by atoms with Gasteiger partial charge in [-0.2, -0.15) is 0 Å². The van der Waals surface area contributed by atoms with Crippen molar-refractivity contribution in [2.24, 2.45) is 0 Å². The van der Waals surface area contributed by atoms with Crippen LogP contribution in [0.1, 0.15) is 24.2 Å². The average Bonchev–Trinajstić information content (AvgIpc) is 2.36. The van der Waals surface area contributed by atoms with E-state index in [9.17, 15) is 9.59 Å². The predicted octanol–water partition coefficient (Wildman–Crippen LogP) is 1.84. The first-order valence-corrected chi connectivity index (χ1v) is 5.77. The summed E-state index contributed by atoms with van der Waals surface area (Å²) in [5, 5.41) is 11.4. The van der Waals surface area contributed by atoms with Gasteiger partial charge in [-0.3, -0.25) is 4.79 Å². The molecule has 1 aromatic rings. The molecule has 0 saturated carbocycles. The van der Waals surface area contributed by atoms with Gasteiger partial charge < -0.3 is 15.2 Å². The molecule has 1 amide bonds. The Morgan fingerprint density at radius 1 is 1.42 bits per heavy atom. The van der Waals surface area contributed by atoms with E-state index in [4.69, 9.17) is 9.84 Å². The molecule has 0 radical (unpaired) electrons. The summed E-state index contributed by atoms with van der Waals surface area (Å²) in [7, 11) is 0. The molecule has 0 heterocycles. The Balaban J connectivity index is 2.93. The van der Waals surface area contributed by atoms with Crippen LogP contribution in [0.25, 0.3) is 0 Å². The number of para-hydroxylation sites is 1. The van der Waals surface area contributed by atoms with Crippen LogP contribution in [0.2, 0.25) is 0 Å². The molecule has 102 valence electrons. The van der Waals surface area contributed by atoms with E-state index < -0.39 is 17.4 Å². The molecular formula is C14H17NO4. The summed E-state index contributed by atoms with van der Waals surface area (Å²) in [4.78, 5) is 23.1. The van der Waals surface area contributed by atoms with Crippen LogP contribution in [0.4, 0.5) is 0 Å². The number of carbonyl (C=O) groups excluding carboxylic acids is 1. The minimum absolute atomic E-state index is 0.270. The van der Waals surface area contributed by atoms with E-state index in [-0.39, 0.29) is 6.61 Å². The molecule has 19 heavy (non-hydrogen) atoms. The second kappa shape index (κ2) is 6.04. The van der Waals surface area contributed by atoms with E-state index in [0.717, 1.165) is 0 Å². The first-order valence-electron chi connectivity index (χ1n) is 5.77. The zero-order chi connectivity index (χ0) is 14.5. The molecule has 0 bridgehead atoms. The molecular weight excluding hydrogens is 246 g/mol. The van der Waals surface area contributed by atoms with Crippen molar-refractivity contribution < 1.29 is 19.4 Å². The lowest BCUT2D eigenvalue weighted by Crippen LogP contribution is -2.49. The van der Waals surface area contributed by atoms with Crippen LogP contribution in [0.5, 0.6) is 5.75 Å². The van der Waals surface area contributed by atoms with Gasteiger partial charge >= 0.3 is 5.97 Å². The molecule has 0 aromatic heterocycles. The number of nitrogens with one attached hydrogen (secondary N) is 1. The average molecular weight is 263 g/mol. The van der Waals surface area contributed by atoms with Crippen LogP contribution < -0.4 is 10.1 Å². The SMILES string of the molecule is C=CCOc1ccccc1C(=O)NC(C)(C)C(=O)O. The van der Waals surface area contributed by atoms with Gasteiger partial charge in [-0.25, -0.2) is 4.79 Å². The largest absolute Gasteiger partial charge is 0.489 e. The third kappa shape index (κ3) is 3.84. The molecule has 5 heteroatoms. The van der Waals surface area contributed by atoms with E-state index in [1.54, 1.807) is 30.3 Å². The number of ether oxygens (including phenoxy) is 1. The molecule has 0 atom stereocenters. The van der Waals surface area contributed by atoms with Gasteiger partial charge in [-0.05, 0) is 26.0 Å². The number of hydrogen-bond acceptors (Lipinski definition) is 3.